The Labute approximate surface area is 117 Å². The van der Waals surface area contributed by atoms with Gasteiger partial charge in [0, 0.05) is 12.2 Å². The van der Waals surface area contributed by atoms with E-state index >= 15 is 0 Å². The molecule has 100 valence electrons. The molecule has 2 aromatic rings. The van der Waals surface area contributed by atoms with Crippen LogP contribution in [-0.4, -0.2) is 4.98 Å². The van der Waals surface area contributed by atoms with Crippen LogP contribution in [0, 0.1) is 17.1 Å². The van der Waals surface area contributed by atoms with Gasteiger partial charge in [-0.3, -0.25) is 0 Å². The van der Waals surface area contributed by atoms with Gasteiger partial charge in [0.15, 0.2) is 0 Å². The van der Waals surface area contributed by atoms with Gasteiger partial charge in [0.25, 0.3) is 0 Å². The molecule has 0 saturated carbocycles. The normalized spacial score (nSPS) is 12.8. The average molecular weight is 267 g/mol. The van der Waals surface area contributed by atoms with E-state index in [1.807, 2.05) is 12.1 Å². The summed E-state index contributed by atoms with van der Waals surface area (Å²) in [6.07, 6.45) is 3.07. The van der Waals surface area contributed by atoms with E-state index < -0.39 is 0 Å². The highest BCUT2D eigenvalue weighted by molar-refractivity contribution is 5.55. The standard InChI is InChI=1S/C16H14FN3/c17-14-5-1-3-11(7-14)10-19-16-13(9-18)8-12-4-2-6-15(12)20-16/h1,3,5,7-8H,2,4,6,10H2,(H,19,20). The molecule has 0 bridgehead atoms. The van der Waals surface area contributed by atoms with Gasteiger partial charge in [0.2, 0.25) is 0 Å². The van der Waals surface area contributed by atoms with Crippen molar-refractivity contribution in [2.75, 3.05) is 5.32 Å². The molecule has 1 aromatic heterocycles. The van der Waals surface area contributed by atoms with E-state index in [9.17, 15) is 9.65 Å². The number of benzene rings is 1. The van der Waals surface area contributed by atoms with Gasteiger partial charge in [-0.25, -0.2) is 9.37 Å². The molecule has 0 fully saturated rings. The van der Waals surface area contributed by atoms with Crippen LogP contribution in [0.3, 0.4) is 0 Å². The topological polar surface area (TPSA) is 48.7 Å². The minimum Gasteiger partial charge on any atom is -0.365 e. The lowest BCUT2D eigenvalue weighted by atomic mass is 10.1. The fourth-order valence-electron chi connectivity index (χ4n) is 2.52. The molecule has 3 nitrogen and oxygen atoms in total. The third kappa shape index (κ3) is 2.48. The number of hydrogen-bond donors (Lipinski definition) is 1. The molecule has 0 aliphatic heterocycles. The Morgan fingerprint density at radius 2 is 2.20 bits per heavy atom. The molecule has 0 unspecified atom stereocenters. The number of halogens is 1. The molecule has 4 heteroatoms. The first-order valence-corrected chi connectivity index (χ1v) is 6.67. The molecular formula is C16H14FN3. The van der Waals surface area contributed by atoms with Crippen LogP contribution in [-0.2, 0) is 19.4 Å². The molecule has 0 amide bonds. The van der Waals surface area contributed by atoms with E-state index in [-0.39, 0.29) is 5.82 Å². The van der Waals surface area contributed by atoms with Crippen LogP contribution in [0.4, 0.5) is 10.2 Å². The van der Waals surface area contributed by atoms with E-state index in [1.165, 1.54) is 17.7 Å². The Kier molecular flexibility index (Phi) is 3.34. The maximum absolute atomic E-state index is 13.1. The van der Waals surface area contributed by atoms with Crippen molar-refractivity contribution in [2.45, 2.75) is 25.8 Å². The second-order valence-electron chi connectivity index (χ2n) is 4.94. The van der Waals surface area contributed by atoms with Crippen molar-refractivity contribution in [3.63, 3.8) is 0 Å². The largest absolute Gasteiger partial charge is 0.365 e. The highest BCUT2D eigenvalue weighted by Crippen LogP contribution is 2.25. The Bertz CT molecular complexity index is 689. The molecule has 1 heterocycles. The Morgan fingerprint density at radius 3 is 3.00 bits per heavy atom. The van der Waals surface area contributed by atoms with E-state index in [2.05, 4.69) is 16.4 Å². The van der Waals surface area contributed by atoms with Crippen molar-refractivity contribution in [2.24, 2.45) is 0 Å². The van der Waals surface area contributed by atoms with Gasteiger partial charge in [0.1, 0.15) is 17.7 Å². The molecular weight excluding hydrogens is 253 g/mol. The second-order valence-corrected chi connectivity index (χ2v) is 4.94. The zero-order valence-electron chi connectivity index (χ0n) is 11.0. The van der Waals surface area contributed by atoms with Gasteiger partial charge in [-0.2, -0.15) is 5.26 Å². The molecule has 0 radical (unpaired) electrons. The number of nitrogens with one attached hydrogen (secondary N) is 1. The van der Waals surface area contributed by atoms with Gasteiger partial charge < -0.3 is 5.32 Å². The lowest BCUT2D eigenvalue weighted by Gasteiger charge is -2.10. The van der Waals surface area contributed by atoms with Gasteiger partial charge in [0.05, 0.1) is 5.56 Å². The summed E-state index contributed by atoms with van der Waals surface area (Å²) in [4.78, 5) is 4.53. The van der Waals surface area contributed by atoms with Crippen LogP contribution in [0.15, 0.2) is 30.3 Å². The summed E-state index contributed by atoms with van der Waals surface area (Å²) in [5.41, 5.74) is 3.64. The van der Waals surface area contributed by atoms with Gasteiger partial charge >= 0.3 is 0 Å². The first-order chi connectivity index (χ1) is 9.76. The predicted molar refractivity (Wildman–Crippen MR) is 74.7 cm³/mol. The number of aromatic nitrogens is 1. The van der Waals surface area contributed by atoms with Crippen LogP contribution in [0.2, 0.25) is 0 Å². The molecule has 0 atom stereocenters. The summed E-state index contributed by atoms with van der Waals surface area (Å²) in [7, 11) is 0. The van der Waals surface area contributed by atoms with E-state index in [4.69, 9.17) is 0 Å². The molecule has 3 rings (SSSR count). The van der Waals surface area contributed by atoms with E-state index in [0.717, 1.165) is 30.5 Å². The third-order valence-corrected chi connectivity index (χ3v) is 3.52. The van der Waals surface area contributed by atoms with Crippen molar-refractivity contribution in [3.8, 4) is 6.07 Å². The fourth-order valence-corrected chi connectivity index (χ4v) is 2.52. The molecule has 1 aliphatic rings. The summed E-state index contributed by atoms with van der Waals surface area (Å²) in [6.45, 7) is 0.457. The fraction of sp³-hybridized carbons (Fsp3) is 0.250. The SMILES string of the molecule is N#Cc1cc2c(nc1NCc1cccc(F)c1)CCC2. The number of fused-ring (bicyclic) bond motifs is 1. The summed E-state index contributed by atoms with van der Waals surface area (Å²) in [6, 6.07) is 10.5. The Morgan fingerprint density at radius 1 is 1.30 bits per heavy atom. The van der Waals surface area contributed by atoms with Crippen molar-refractivity contribution in [1.82, 2.24) is 4.98 Å². The smallest absolute Gasteiger partial charge is 0.144 e. The monoisotopic (exact) mass is 267 g/mol. The maximum Gasteiger partial charge on any atom is 0.144 e. The zero-order chi connectivity index (χ0) is 13.9. The number of nitrogens with zero attached hydrogens (tertiary/aromatic N) is 2. The first kappa shape index (κ1) is 12.6. The summed E-state index contributed by atoms with van der Waals surface area (Å²) >= 11 is 0. The van der Waals surface area contributed by atoms with Gasteiger partial charge in [-0.1, -0.05) is 12.1 Å². The van der Waals surface area contributed by atoms with Crippen LogP contribution in [0.25, 0.3) is 0 Å². The van der Waals surface area contributed by atoms with Crippen LogP contribution in [0.1, 0.15) is 28.8 Å². The van der Waals surface area contributed by atoms with Crippen LogP contribution in [0.5, 0.6) is 0 Å². The second kappa shape index (κ2) is 5.30. The highest BCUT2D eigenvalue weighted by Gasteiger charge is 2.16. The Balaban J connectivity index is 1.82. The number of rotatable bonds is 3. The molecule has 0 saturated heterocycles. The van der Waals surface area contributed by atoms with Gasteiger partial charge in [-0.15, -0.1) is 0 Å². The van der Waals surface area contributed by atoms with Gasteiger partial charge in [-0.05, 0) is 48.6 Å². The number of aryl methyl sites for hydroxylation is 2. The third-order valence-electron chi connectivity index (χ3n) is 3.52. The summed E-state index contributed by atoms with van der Waals surface area (Å²) in [5, 5.41) is 12.3. The van der Waals surface area contributed by atoms with Crippen LogP contribution >= 0.6 is 0 Å². The van der Waals surface area contributed by atoms with Crippen molar-refractivity contribution >= 4 is 5.82 Å². The lowest BCUT2D eigenvalue weighted by Crippen LogP contribution is -2.05. The van der Waals surface area contributed by atoms with Crippen LogP contribution < -0.4 is 5.32 Å². The quantitative estimate of drug-likeness (QED) is 0.929. The number of pyridine rings is 1. The number of anilines is 1. The van der Waals surface area contributed by atoms with Crippen molar-refractivity contribution < 1.29 is 4.39 Å². The van der Waals surface area contributed by atoms with Crippen molar-refractivity contribution in [3.05, 3.63) is 58.5 Å². The minimum atomic E-state index is -0.258. The lowest BCUT2D eigenvalue weighted by molar-refractivity contribution is 0.626. The summed E-state index contributed by atoms with van der Waals surface area (Å²) in [5.74, 6) is 0.337. The minimum absolute atomic E-state index is 0.258. The molecule has 1 aliphatic carbocycles. The molecule has 1 aromatic carbocycles. The predicted octanol–water partition coefficient (Wildman–Crippen LogP) is 3.19. The van der Waals surface area contributed by atoms with E-state index in [1.54, 1.807) is 6.07 Å². The maximum atomic E-state index is 13.1. The highest BCUT2D eigenvalue weighted by atomic mass is 19.1. The molecule has 20 heavy (non-hydrogen) atoms. The first-order valence-electron chi connectivity index (χ1n) is 6.67. The average Bonchev–Trinajstić information content (AvgIpc) is 2.91. The van der Waals surface area contributed by atoms with E-state index in [0.29, 0.717) is 17.9 Å². The molecule has 0 spiro atoms. The zero-order valence-corrected chi connectivity index (χ0v) is 11.0. The van der Waals surface area contributed by atoms with Crippen molar-refractivity contribution in [1.29, 1.82) is 5.26 Å². The Hall–Kier alpha value is -2.41. The molecule has 1 N–H and O–H groups in total. The number of nitriles is 1. The summed E-state index contributed by atoms with van der Waals surface area (Å²) < 4.78 is 13.1. The number of hydrogen-bond acceptors (Lipinski definition) is 3.